The molecule has 1 aromatic carbocycles. The summed E-state index contributed by atoms with van der Waals surface area (Å²) in [6.45, 7) is 0.128. The standard InChI is InChI=1S/C9H8BrNO2/c10-8-3-1-2-7(6-11)9(8)13-5-4-12/h1-3,12H,4-5H2. The normalized spacial score (nSPS) is 9.31. The van der Waals surface area contributed by atoms with Crippen LogP contribution >= 0.6 is 15.9 Å². The van der Waals surface area contributed by atoms with Gasteiger partial charge in [-0.2, -0.15) is 5.26 Å². The van der Waals surface area contributed by atoms with Gasteiger partial charge in [0.25, 0.3) is 0 Å². The Morgan fingerprint density at radius 1 is 1.54 bits per heavy atom. The van der Waals surface area contributed by atoms with Gasteiger partial charge in [-0.1, -0.05) is 6.07 Å². The molecule has 0 aliphatic carbocycles. The fraction of sp³-hybridized carbons (Fsp3) is 0.222. The van der Waals surface area contributed by atoms with E-state index in [1.165, 1.54) is 0 Å². The summed E-state index contributed by atoms with van der Waals surface area (Å²) in [5.41, 5.74) is 0.461. The predicted octanol–water partition coefficient (Wildman–Crippen LogP) is 1.69. The van der Waals surface area contributed by atoms with Crippen molar-refractivity contribution in [2.24, 2.45) is 0 Å². The Hall–Kier alpha value is -1.05. The number of hydrogen-bond donors (Lipinski definition) is 1. The van der Waals surface area contributed by atoms with Crippen molar-refractivity contribution in [3.05, 3.63) is 28.2 Å². The number of benzene rings is 1. The highest BCUT2D eigenvalue weighted by atomic mass is 79.9. The molecular formula is C9H8BrNO2. The van der Waals surface area contributed by atoms with Gasteiger partial charge in [0.05, 0.1) is 16.6 Å². The molecule has 0 aromatic heterocycles. The maximum absolute atomic E-state index is 8.73. The van der Waals surface area contributed by atoms with Gasteiger partial charge in [0.15, 0.2) is 5.75 Å². The van der Waals surface area contributed by atoms with Crippen molar-refractivity contribution in [2.75, 3.05) is 13.2 Å². The monoisotopic (exact) mass is 241 g/mol. The number of aliphatic hydroxyl groups excluding tert-OH is 1. The first-order valence-electron chi connectivity index (χ1n) is 3.72. The second kappa shape index (κ2) is 4.85. The van der Waals surface area contributed by atoms with E-state index in [0.717, 1.165) is 4.47 Å². The van der Waals surface area contributed by atoms with Crippen LogP contribution in [-0.2, 0) is 0 Å². The third-order valence-corrected chi connectivity index (χ3v) is 2.05. The van der Waals surface area contributed by atoms with E-state index < -0.39 is 0 Å². The lowest BCUT2D eigenvalue weighted by molar-refractivity contribution is 0.200. The molecule has 68 valence electrons. The van der Waals surface area contributed by atoms with Crippen molar-refractivity contribution < 1.29 is 9.84 Å². The maximum atomic E-state index is 8.73. The fourth-order valence-electron chi connectivity index (χ4n) is 0.891. The van der Waals surface area contributed by atoms with Crippen LogP contribution in [0, 0.1) is 11.3 Å². The van der Waals surface area contributed by atoms with E-state index in [1.807, 2.05) is 6.07 Å². The van der Waals surface area contributed by atoms with Crippen LogP contribution in [0.3, 0.4) is 0 Å². The van der Waals surface area contributed by atoms with Gasteiger partial charge in [-0.25, -0.2) is 0 Å². The number of nitriles is 1. The van der Waals surface area contributed by atoms with Crippen LogP contribution in [0.25, 0.3) is 0 Å². The van der Waals surface area contributed by atoms with Crippen molar-refractivity contribution in [1.29, 1.82) is 5.26 Å². The van der Waals surface area contributed by atoms with Crippen molar-refractivity contribution in [3.63, 3.8) is 0 Å². The Labute approximate surface area is 84.7 Å². The first-order chi connectivity index (χ1) is 6.29. The van der Waals surface area contributed by atoms with Crippen molar-refractivity contribution in [2.45, 2.75) is 0 Å². The van der Waals surface area contributed by atoms with Crippen molar-refractivity contribution in [1.82, 2.24) is 0 Å². The van der Waals surface area contributed by atoms with Crippen LogP contribution in [-0.4, -0.2) is 18.3 Å². The number of aliphatic hydroxyl groups is 1. The van der Waals surface area contributed by atoms with E-state index in [1.54, 1.807) is 18.2 Å². The summed E-state index contributed by atoms with van der Waals surface area (Å²) in [5.74, 6) is 0.485. The Bertz CT molecular complexity index is 333. The van der Waals surface area contributed by atoms with Gasteiger partial charge >= 0.3 is 0 Å². The van der Waals surface area contributed by atoms with Gasteiger partial charge in [0.2, 0.25) is 0 Å². The molecule has 0 fully saturated rings. The Balaban J connectivity index is 2.95. The minimum absolute atomic E-state index is 0.0633. The van der Waals surface area contributed by atoms with E-state index >= 15 is 0 Å². The van der Waals surface area contributed by atoms with Gasteiger partial charge in [0, 0.05) is 0 Å². The highest BCUT2D eigenvalue weighted by Gasteiger charge is 2.06. The summed E-state index contributed by atoms with van der Waals surface area (Å²) in [7, 11) is 0. The lowest BCUT2D eigenvalue weighted by atomic mass is 10.2. The largest absolute Gasteiger partial charge is 0.489 e. The number of hydrogen-bond acceptors (Lipinski definition) is 3. The van der Waals surface area contributed by atoms with E-state index in [9.17, 15) is 0 Å². The lowest BCUT2D eigenvalue weighted by Gasteiger charge is -2.07. The number of para-hydroxylation sites is 1. The third-order valence-electron chi connectivity index (χ3n) is 1.43. The summed E-state index contributed by atoms with van der Waals surface area (Å²) in [5, 5.41) is 17.3. The van der Waals surface area contributed by atoms with Crippen molar-refractivity contribution >= 4 is 15.9 Å². The molecule has 0 saturated carbocycles. The molecule has 0 spiro atoms. The van der Waals surface area contributed by atoms with Crippen LogP contribution in [0.4, 0.5) is 0 Å². The zero-order valence-corrected chi connectivity index (χ0v) is 8.41. The molecule has 0 saturated heterocycles. The zero-order chi connectivity index (χ0) is 9.68. The molecule has 0 aliphatic rings. The Morgan fingerprint density at radius 2 is 2.31 bits per heavy atom. The summed E-state index contributed by atoms with van der Waals surface area (Å²) in [6, 6.07) is 7.22. The minimum atomic E-state index is -0.0633. The molecule has 3 nitrogen and oxygen atoms in total. The highest BCUT2D eigenvalue weighted by Crippen LogP contribution is 2.28. The molecule has 1 rings (SSSR count). The SMILES string of the molecule is N#Cc1cccc(Br)c1OCCO. The van der Waals surface area contributed by atoms with Crippen molar-refractivity contribution in [3.8, 4) is 11.8 Å². The number of halogens is 1. The summed E-state index contributed by atoms with van der Waals surface area (Å²) in [6.07, 6.45) is 0. The van der Waals surface area contributed by atoms with Crippen LogP contribution in [0.2, 0.25) is 0 Å². The van der Waals surface area contributed by atoms with Crippen LogP contribution < -0.4 is 4.74 Å². The van der Waals surface area contributed by atoms with E-state index in [2.05, 4.69) is 15.9 Å². The molecule has 0 radical (unpaired) electrons. The van der Waals surface area contributed by atoms with Crippen LogP contribution in [0.1, 0.15) is 5.56 Å². The Kier molecular flexibility index (Phi) is 3.74. The topological polar surface area (TPSA) is 53.2 Å². The Morgan fingerprint density at radius 3 is 2.92 bits per heavy atom. The predicted molar refractivity (Wildman–Crippen MR) is 51.4 cm³/mol. The fourth-order valence-corrected chi connectivity index (χ4v) is 1.37. The summed E-state index contributed by atoms with van der Waals surface area (Å²) >= 11 is 3.26. The quantitative estimate of drug-likeness (QED) is 0.877. The number of rotatable bonds is 3. The lowest BCUT2D eigenvalue weighted by Crippen LogP contribution is -2.03. The molecule has 1 N–H and O–H groups in total. The van der Waals surface area contributed by atoms with E-state index in [0.29, 0.717) is 11.3 Å². The van der Waals surface area contributed by atoms with Gasteiger partial charge in [-0.3, -0.25) is 0 Å². The first kappa shape index (κ1) is 10.0. The second-order valence-electron chi connectivity index (χ2n) is 2.30. The average molecular weight is 242 g/mol. The first-order valence-corrected chi connectivity index (χ1v) is 4.51. The zero-order valence-electron chi connectivity index (χ0n) is 6.83. The van der Waals surface area contributed by atoms with E-state index in [-0.39, 0.29) is 13.2 Å². The van der Waals surface area contributed by atoms with Crippen LogP contribution in [0.15, 0.2) is 22.7 Å². The van der Waals surface area contributed by atoms with Crippen LogP contribution in [0.5, 0.6) is 5.75 Å². The van der Waals surface area contributed by atoms with Gasteiger partial charge < -0.3 is 9.84 Å². The molecule has 0 unspecified atom stereocenters. The molecule has 13 heavy (non-hydrogen) atoms. The molecule has 1 aromatic rings. The molecule has 0 aliphatic heterocycles. The smallest absolute Gasteiger partial charge is 0.151 e. The third kappa shape index (κ3) is 2.44. The second-order valence-corrected chi connectivity index (χ2v) is 3.15. The molecule has 4 heteroatoms. The molecule has 0 atom stereocenters. The molecule has 0 bridgehead atoms. The van der Waals surface area contributed by atoms with Gasteiger partial charge in [0.1, 0.15) is 12.7 Å². The molecule has 0 amide bonds. The highest BCUT2D eigenvalue weighted by molar-refractivity contribution is 9.10. The molecular weight excluding hydrogens is 234 g/mol. The maximum Gasteiger partial charge on any atom is 0.151 e. The molecule has 0 heterocycles. The van der Waals surface area contributed by atoms with E-state index in [4.69, 9.17) is 15.1 Å². The average Bonchev–Trinajstić information content (AvgIpc) is 2.15. The van der Waals surface area contributed by atoms with Gasteiger partial charge in [-0.05, 0) is 28.1 Å². The number of ether oxygens (including phenoxy) is 1. The minimum Gasteiger partial charge on any atom is -0.489 e. The number of nitrogens with zero attached hydrogens (tertiary/aromatic N) is 1. The summed E-state index contributed by atoms with van der Waals surface area (Å²) < 4.78 is 5.91. The van der Waals surface area contributed by atoms with Gasteiger partial charge in [-0.15, -0.1) is 0 Å². The summed E-state index contributed by atoms with van der Waals surface area (Å²) in [4.78, 5) is 0.